The van der Waals surface area contributed by atoms with E-state index in [4.69, 9.17) is 0 Å². The zero-order valence-electron chi connectivity index (χ0n) is 13.6. The standard InChI is InChI=1S/C23H16N2/c1-3-7-17(8-4-1)23(18-9-5-2-6-10-18)21-12-14-24-15-20(21)19-11-13-25-16-22(19)23/h1-16H. The molecule has 0 unspecified atom stereocenters. The molecule has 0 bridgehead atoms. The number of nitrogens with zero attached hydrogens (tertiary/aromatic N) is 2. The van der Waals surface area contributed by atoms with Gasteiger partial charge in [-0.3, -0.25) is 9.97 Å². The topological polar surface area (TPSA) is 25.8 Å². The maximum absolute atomic E-state index is 4.47. The van der Waals surface area contributed by atoms with Crippen molar-refractivity contribution in [1.29, 1.82) is 0 Å². The predicted molar refractivity (Wildman–Crippen MR) is 99.3 cm³/mol. The van der Waals surface area contributed by atoms with Gasteiger partial charge in [0.25, 0.3) is 0 Å². The Balaban J connectivity index is 1.98. The molecule has 2 aromatic carbocycles. The number of hydrogen-bond donors (Lipinski definition) is 0. The summed E-state index contributed by atoms with van der Waals surface area (Å²) in [6.45, 7) is 0. The summed E-state index contributed by atoms with van der Waals surface area (Å²) in [6.07, 6.45) is 7.73. The Morgan fingerprint density at radius 1 is 0.520 bits per heavy atom. The number of benzene rings is 2. The lowest BCUT2D eigenvalue weighted by molar-refractivity contribution is 0.762. The van der Waals surface area contributed by atoms with E-state index in [-0.39, 0.29) is 5.41 Å². The van der Waals surface area contributed by atoms with Crippen molar-refractivity contribution < 1.29 is 0 Å². The lowest BCUT2D eigenvalue weighted by Crippen LogP contribution is -2.28. The van der Waals surface area contributed by atoms with E-state index in [2.05, 4.69) is 82.8 Å². The molecule has 2 heteroatoms. The Morgan fingerprint density at radius 2 is 1.12 bits per heavy atom. The zero-order valence-corrected chi connectivity index (χ0v) is 13.6. The number of fused-ring (bicyclic) bond motifs is 3. The Bertz CT molecular complexity index is 953. The normalized spacial score (nSPS) is 13.9. The van der Waals surface area contributed by atoms with E-state index < -0.39 is 0 Å². The highest BCUT2D eigenvalue weighted by atomic mass is 14.7. The molecule has 0 amide bonds. The van der Waals surface area contributed by atoms with Gasteiger partial charge >= 0.3 is 0 Å². The first-order valence-electron chi connectivity index (χ1n) is 8.43. The lowest BCUT2D eigenvalue weighted by atomic mass is 9.68. The third-order valence-electron chi connectivity index (χ3n) is 5.15. The molecule has 118 valence electrons. The maximum Gasteiger partial charge on any atom is 0.0729 e. The van der Waals surface area contributed by atoms with Crippen LogP contribution >= 0.6 is 0 Å². The van der Waals surface area contributed by atoms with Crippen molar-refractivity contribution in [1.82, 2.24) is 9.97 Å². The first-order chi connectivity index (χ1) is 12.4. The highest BCUT2D eigenvalue weighted by molar-refractivity contribution is 5.85. The summed E-state index contributed by atoms with van der Waals surface area (Å²) >= 11 is 0. The average molecular weight is 320 g/mol. The second-order valence-corrected chi connectivity index (χ2v) is 6.32. The maximum atomic E-state index is 4.47. The van der Waals surface area contributed by atoms with Crippen LogP contribution in [0.2, 0.25) is 0 Å². The van der Waals surface area contributed by atoms with Crippen molar-refractivity contribution in [3.63, 3.8) is 0 Å². The summed E-state index contributed by atoms with van der Waals surface area (Å²) in [7, 11) is 0. The number of hydrogen-bond acceptors (Lipinski definition) is 2. The molecule has 2 heterocycles. The highest BCUT2D eigenvalue weighted by Gasteiger charge is 2.46. The van der Waals surface area contributed by atoms with Gasteiger partial charge in [-0.05, 0) is 39.9 Å². The molecule has 0 aliphatic heterocycles. The van der Waals surface area contributed by atoms with E-state index in [0.29, 0.717) is 0 Å². The molecule has 25 heavy (non-hydrogen) atoms. The van der Waals surface area contributed by atoms with Crippen molar-refractivity contribution >= 4 is 0 Å². The molecule has 4 aromatic rings. The molecule has 5 rings (SSSR count). The Morgan fingerprint density at radius 3 is 1.80 bits per heavy atom. The van der Waals surface area contributed by atoms with E-state index in [1.54, 1.807) is 0 Å². The molecule has 2 aromatic heterocycles. The Labute approximate surface area is 146 Å². The Kier molecular flexibility index (Phi) is 3.04. The van der Waals surface area contributed by atoms with Gasteiger partial charge in [-0.25, -0.2) is 0 Å². The summed E-state index contributed by atoms with van der Waals surface area (Å²) in [4.78, 5) is 8.85. The first-order valence-corrected chi connectivity index (χ1v) is 8.43. The Hall–Kier alpha value is -3.26. The summed E-state index contributed by atoms with van der Waals surface area (Å²) in [5.74, 6) is 0. The summed E-state index contributed by atoms with van der Waals surface area (Å²) in [6, 6.07) is 25.6. The zero-order chi connectivity index (χ0) is 16.7. The molecule has 0 atom stereocenters. The van der Waals surface area contributed by atoms with Gasteiger partial charge in [0.15, 0.2) is 0 Å². The van der Waals surface area contributed by atoms with Crippen LogP contribution in [0.4, 0.5) is 0 Å². The number of rotatable bonds is 2. The van der Waals surface area contributed by atoms with Crippen LogP contribution in [-0.4, -0.2) is 9.97 Å². The van der Waals surface area contributed by atoms with Crippen molar-refractivity contribution in [2.45, 2.75) is 5.41 Å². The van der Waals surface area contributed by atoms with Gasteiger partial charge in [-0.2, -0.15) is 0 Å². The second-order valence-electron chi connectivity index (χ2n) is 6.32. The quantitative estimate of drug-likeness (QED) is 0.465. The smallest absolute Gasteiger partial charge is 0.0729 e. The van der Waals surface area contributed by atoms with Gasteiger partial charge < -0.3 is 0 Å². The van der Waals surface area contributed by atoms with Crippen LogP contribution in [-0.2, 0) is 5.41 Å². The fourth-order valence-corrected chi connectivity index (χ4v) is 4.17. The first kappa shape index (κ1) is 14.1. The van der Waals surface area contributed by atoms with Crippen molar-refractivity contribution in [3.8, 4) is 11.1 Å². The van der Waals surface area contributed by atoms with E-state index in [1.165, 1.54) is 33.4 Å². The molecule has 1 aliphatic rings. The minimum atomic E-state index is -0.357. The number of pyridine rings is 2. The van der Waals surface area contributed by atoms with Crippen molar-refractivity contribution in [3.05, 3.63) is 120 Å². The van der Waals surface area contributed by atoms with Crippen molar-refractivity contribution in [2.75, 3.05) is 0 Å². The monoisotopic (exact) mass is 320 g/mol. The highest BCUT2D eigenvalue weighted by Crippen LogP contribution is 2.55. The van der Waals surface area contributed by atoms with Crippen molar-refractivity contribution in [2.24, 2.45) is 0 Å². The van der Waals surface area contributed by atoms with Gasteiger partial charge in [0.2, 0.25) is 0 Å². The molecule has 0 fully saturated rings. The molecule has 0 spiro atoms. The van der Waals surface area contributed by atoms with Crippen LogP contribution in [0.15, 0.2) is 97.6 Å². The van der Waals surface area contributed by atoms with Crippen LogP contribution in [0.5, 0.6) is 0 Å². The molecule has 0 saturated heterocycles. The molecule has 0 N–H and O–H groups in total. The van der Waals surface area contributed by atoms with E-state index in [0.717, 1.165) is 0 Å². The fraction of sp³-hybridized carbons (Fsp3) is 0.0435. The fourth-order valence-electron chi connectivity index (χ4n) is 4.17. The van der Waals surface area contributed by atoms with E-state index >= 15 is 0 Å². The minimum Gasteiger partial charge on any atom is -0.264 e. The van der Waals surface area contributed by atoms with Crippen LogP contribution in [0, 0.1) is 0 Å². The third kappa shape index (κ3) is 1.85. The van der Waals surface area contributed by atoms with Gasteiger partial charge in [0, 0.05) is 30.4 Å². The predicted octanol–water partition coefficient (Wildman–Crippen LogP) is 4.84. The molecular formula is C23H16N2. The van der Waals surface area contributed by atoms with Gasteiger partial charge in [-0.1, -0.05) is 60.7 Å². The largest absolute Gasteiger partial charge is 0.264 e. The number of aromatic nitrogens is 2. The van der Waals surface area contributed by atoms with Gasteiger partial charge in [0.1, 0.15) is 0 Å². The van der Waals surface area contributed by atoms with Crippen LogP contribution in [0.3, 0.4) is 0 Å². The lowest BCUT2D eigenvalue weighted by Gasteiger charge is -2.33. The van der Waals surface area contributed by atoms with Crippen LogP contribution in [0.1, 0.15) is 22.3 Å². The molecule has 2 nitrogen and oxygen atoms in total. The van der Waals surface area contributed by atoms with E-state index in [1.807, 2.05) is 24.8 Å². The summed E-state index contributed by atoms with van der Waals surface area (Å²) < 4.78 is 0. The minimum absolute atomic E-state index is 0.357. The van der Waals surface area contributed by atoms with Gasteiger partial charge in [-0.15, -0.1) is 0 Å². The van der Waals surface area contributed by atoms with Crippen LogP contribution < -0.4 is 0 Å². The average Bonchev–Trinajstić information content (AvgIpc) is 3.01. The van der Waals surface area contributed by atoms with Gasteiger partial charge in [0.05, 0.1) is 5.41 Å². The molecule has 1 aliphatic carbocycles. The third-order valence-corrected chi connectivity index (χ3v) is 5.15. The van der Waals surface area contributed by atoms with Crippen LogP contribution in [0.25, 0.3) is 11.1 Å². The molecule has 0 saturated carbocycles. The summed E-state index contributed by atoms with van der Waals surface area (Å²) in [5.41, 5.74) is 7.03. The SMILES string of the molecule is c1ccc(C2(c3ccccc3)c3ccncc3-c3ccncc32)cc1. The second kappa shape index (κ2) is 5.38. The summed E-state index contributed by atoms with van der Waals surface area (Å²) in [5, 5.41) is 0. The molecule has 0 radical (unpaired) electrons. The van der Waals surface area contributed by atoms with E-state index in [9.17, 15) is 0 Å². The molecular weight excluding hydrogens is 304 g/mol.